The number of benzene rings is 2. The molecule has 2 heterocycles. The van der Waals surface area contributed by atoms with Crippen molar-refractivity contribution in [3.05, 3.63) is 70.8 Å². The Kier molecular flexibility index (Phi) is 5.20. The fourth-order valence-electron chi connectivity index (χ4n) is 5.25. The van der Waals surface area contributed by atoms with Crippen LogP contribution in [-0.4, -0.2) is 55.1 Å². The van der Waals surface area contributed by atoms with Crippen molar-refractivity contribution >= 4 is 0 Å². The Morgan fingerprint density at radius 1 is 0.964 bits per heavy atom. The van der Waals surface area contributed by atoms with Gasteiger partial charge < -0.3 is 14.6 Å². The predicted molar refractivity (Wildman–Crippen MR) is 109 cm³/mol. The quantitative estimate of drug-likeness (QED) is 0.885. The van der Waals surface area contributed by atoms with Gasteiger partial charge in [-0.2, -0.15) is 0 Å². The van der Waals surface area contributed by atoms with Crippen molar-refractivity contribution < 1.29 is 14.6 Å². The van der Waals surface area contributed by atoms with E-state index in [-0.39, 0.29) is 24.9 Å². The van der Waals surface area contributed by atoms with E-state index in [1.54, 1.807) is 0 Å². The van der Waals surface area contributed by atoms with Crippen molar-refractivity contribution in [1.29, 1.82) is 0 Å². The summed E-state index contributed by atoms with van der Waals surface area (Å²) < 4.78 is 12.5. The summed E-state index contributed by atoms with van der Waals surface area (Å²) >= 11 is 0. The Morgan fingerprint density at radius 3 is 2.54 bits per heavy atom. The molecule has 28 heavy (non-hydrogen) atoms. The van der Waals surface area contributed by atoms with Crippen LogP contribution in [0.1, 0.15) is 47.1 Å². The fourth-order valence-corrected chi connectivity index (χ4v) is 5.25. The standard InChI is InChI=1S/C24H29NO3/c26-11-9-19-15-25(10-12-27-19)16-20-14-23-21-7-3-1-5-17(21)13-18-6-2-4-8-22(18)24(23)28-20/h1-8,19-20,23-24,26H,9-16H2. The second kappa shape index (κ2) is 7.96. The van der Waals surface area contributed by atoms with Crippen LogP contribution in [0.15, 0.2) is 48.5 Å². The first-order chi connectivity index (χ1) is 13.8. The second-order valence-electron chi connectivity index (χ2n) is 8.36. The van der Waals surface area contributed by atoms with Gasteiger partial charge >= 0.3 is 0 Å². The Labute approximate surface area is 167 Å². The maximum absolute atomic E-state index is 9.22. The van der Waals surface area contributed by atoms with Gasteiger partial charge in [-0.1, -0.05) is 48.5 Å². The first kappa shape index (κ1) is 18.3. The Morgan fingerprint density at radius 2 is 1.71 bits per heavy atom. The highest BCUT2D eigenvalue weighted by Gasteiger charge is 2.41. The average molecular weight is 380 g/mol. The highest BCUT2D eigenvalue weighted by molar-refractivity contribution is 5.45. The van der Waals surface area contributed by atoms with Crippen molar-refractivity contribution in [2.24, 2.45) is 0 Å². The number of ether oxygens (including phenoxy) is 2. The summed E-state index contributed by atoms with van der Waals surface area (Å²) in [6.45, 7) is 3.72. The van der Waals surface area contributed by atoms with E-state index in [1.807, 2.05) is 0 Å². The van der Waals surface area contributed by atoms with Gasteiger partial charge in [0, 0.05) is 32.2 Å². The first-order valence-corrected chi connectivity index (χ1v) is 10.6. The molecule has 4 nitrogen and oxygen atoms in total. The molecule has 2 aliphatic heterocycles. The Hall–Kier alpha value is -1.72. The molecule has 0 aromatic heterocycles. The highest BCUT2D eigenvalue weighted by Crippen LogP contribution is 2.49. The maximum Gasteiger partial charge on any atom is 0.0901 e. The predicted octanol–water partition coefficient (Wildman–Crippen LogP) is 3.29. The maximum atomic E-state index is 9.22. The lowest BCUT2D eigenvalue weighted by Gasteiger charge is -2.34. The number of hydrogen-bond donors (Lipinski definition) is 1. The summed E-state index contributed by atoms with van der Waals surface area (Å²) in [5.41, 5.74) is 5.68. The summed E-state index contributed by atoms with van der Waals surface area (Å²) in [7, 11) is 0. The minimum absolute atomic E-state index is 0.145. The van der Waals surface area contributed by atoms with E-state index < -0.39 is 0 Å². The molecule has 5 rings (SSSR count). The number of morpholine rings is 1. The van der Waals surface area contributed by atoms with Crippen molar-refractivity contribution in [3.63, 3.8) is 0 Å². The molecule has 0 bridgehead atoms. The largest absolute Gasteiger partial charge is 0.396 e. The van der Waals surface area contributed by atoms with Gasteiger partial charge in [-0.05, 0) is 41.5 Å². The Bertz CT molecular complexity index is 768. The third-order valence-corrected chi connectivity index (χ3v) is 6.55. The minimum Gasteiger partial charge on any atom is -0.396 e. The smallest absolute Gasteiger partial charge is 0.0901 e. The summed E-state index contributed by atoms with van der Waals surface area (Å²) in [5.74, 6) is 0.430. The van der Waals surface area contributed by atoms with Crippen molar-refractivity contribution in [3.8, 4) is 0 Å². The van der Waals surface area contributed by atoms with Gasteiger partial charge in [0.1, 0.15) is 0 Å². The van der Waals surface area contributed by atoms with Crippen LogP contribution in [0.25, 0.3) is 0 Å². The molecular formula is C24H29NO3. The molecule has 1 N–H and O–H groups in total. The molecule has 0 radical (unpaired) electrons. The van der Waals surface area contributed by atoms with Gasteiger partial charge in [0.2, 0.25) is 0 Å². The van der Waals surface area contributed by atoms with E-state index >= 15 is 0 Å². The van der Waals surface area contributed by atoms with E-state index in [2.05, 4.69) is 53.4 Å². The van der Waals surface area contributed by atoms with Crippen LogP contribution in [0.5, 0.6) is 0 Å². The molecule has 4 unspecified atom stereocenters. The SMILES string of the molecule is OCCC1CN(CC2CC3c4ccccc4Cc4ccccc4C3O2)CCO1. The summed E-state index contributed by atoms with van der Waals surface area (Å²) in [6.07, 6.45) is 3.32. The highest BCUT2D eigenvalue weighted by atomic mass is 16.5. The van der Waals surface area contributed by atoms with Crippen LogP contribution in [0.3, 0.4) is 0 Å². The second-order valence-corrected chi connectivity index (χ2v) is 8.36. The lowest BCUT2D eigenvalue weighted by atomic mass is 9.87. The van der Waals surface area contributed by atoms with Crippen molar-refractivity contribution in [2.75, 3.05) is 32.8 Å². The third kappa shape index (κ3) is 3.50. The molecule has 2 saturated heterocycles. The minimum atomic E-state index is 0.145. The molecule has 0 spiro atoms. The van der Waals surface area contributed by atoms with Crippen LogP contribution < -0.4 is 0 Å². The van der Waals surface area contributed by atoms with Crippen molar-refractivity contribution in [1.82, 2.24) is 4.90 Å². The average Bonchev–Trinajstić information content (AvgIpc) is 3.07. The van der Waals surface area contributed by atoms with E-state index in [0.717, 1.165) is 39.1 Å². The molecule has 0 amide bonds. The third-order valence-electron chi connectivity index (χ3n) is 6.55. The molecule has 2 aromatic rings. The molecular weight excluding hydrogens is 350 g/mol. The number of aliphatic hydroxyl groups excluding tert-OH is 1. The molecule has 3 aliphatic rings. The van der Waals surface area contributed by atoms with E-state index in [9.17, 15) is 5.11 Å². The van der Waals surface area contributed by atoms with Gasteiger partial charge in [-0.25, -0.2) is 0 Å². The number of nitrogens with zero attached hydrogens (tertiary/aromatic N) is 1. The lowest BCUT2D eigenvalue weighted by molar-refractivity contribution is -0.0569. The molecule has 0 saturated carbocycles. The van der Waals surface area contributed by atoms with Crippen LogP contribution in [0, 0.1) is 0 Å². The molecule has 4 atom stereocenters. The zero-order valence-electron chi connectivity index (χ0n) is 16.3. The molecule has 2 aromatic carbocycles. The summed E-state index contributed by atoms with van der Waals surface area (Å²) in [6, 6.07) is 17.7. The fraction of sp³-hybridized carbons (Fsp3) is 0.500. The molecule has 2 fully saturated rings. The van der Waals surface area contributed by atoms with E-state index in [0.29, 0.717) is 12.3 Å². The summed E-state index contributed by atoms with van der Waals surface area (Å²) in [4.78, 5) is 2.46. The van der Waals surface area contributed by atoms with Crippen LogP contribution >= 0.6 is 0 Å². The summed E-state index contributed by atoms with van der Waals surface area (Å²) in [5, 5.41) is 9.22. The van der Waals surface area contributed by atoms with Crippen LogP contribution in [-0.2, 0) is 15.9 Å². The van der Waals surface area contributed by atoms with Gasteiger partial charge in [-0.3, -0.25) is 4.90 Å². The lowest BCUT2D eigenvalue weighted by Crippen LogP contribution is -2.45. The van der Waals surface area contributed by atoms with Gasteiger partial charge in [0.15, 0.2) is 0 Å². The van der Waals surface area contributed by atoms with Crippen LogP contribution in [0.4, 0.5) is 0 Å². The normalized spacial score (nSPS) is 29.6. The van der Waals surface area contributed by atoms with Gasteiger partial charge in [0.05, 0.1) is 24.9 Å². The monoisotopic (exact) mass is 379 g/mol. The number of hydrogen-bond acceptors (Lipinski definition) is 4. The van der Waals surface area contributed by atoms with E-state index in [4.69, 9.17) is 9.47 Å². The zero-order chi connectivity index (χ0) is 18.9. The molecule has 4 heteroatoms. The number of rotatable bonds is 4. The Balaban J connectivity index is 1.38. The first-order valence-electron chi connectivity index (χ1n) is 10.6. The molecule has 148 valence electrons. The van der Waals surface area contributed by atoms with E-state index in [1.165, 1.54) is 22.3 Å². The van der Waals surface area contributed by atoms with Crippen LogP contribution in [0.2, 0.25) is 0 Å². The number of aliphatic hydroxyl groups is 1. The van der Waals surface area contributed by atoms with Gasteiger partial charge in [-0.15, -0.1) is 0 Å². The van der Waals surface area contributed by atoms with Crippen molar-refractivity contribution in [2.45, 2.75) is 43.5 Å². The molecule has 1 aliphatic carbocycles. The van der Waals surface area contributed by atoms with Gasteiger partial charge in [0.25, 0.3) is 0 Å². The number of fused-ring (bicyclic) bond motifs is 5. The topological polar surface area (TPSA) is 41.9 Å². The zero-order valence-corrected chi connectivity index (χ0v) is 16.3.